The summed E-state index contributed by atoms with van der Waals surface area (Å²) in [5.74, 6) is 0.342. The topological polar surface area (TPSA) is 45.5 Å². The second kappa shape index (κ2) is 11.0. The van der Waals surface area contributed by atoms with E-state index >= 15 is 0 Å². The molecule has 1 aliphatic carbocycles. The highest BCUT2D eigenvalue weighted by Gasteiger charge is 2.27. The Balaban J connectivity index is 1.36. The van der Waals surface area contributed by atoms with Gasteiger partial charge >= 0.3 is 0 Å². The van der Waals surface area contributed by atoms with E-state index in [1.165, 1.54) is 49.0 Å². The van der Waals surface area contributed by atoms with E-state index in [2.05, 4.69) is 102 Å². The van der Waals surface area contributed by atoms with E-state index in [9.17, 15) is 4.79 Å². The summed E-state index contributed by atoms with van der Waals surface area (Å²) in [7, 11) is 0. The number of thioether (sulfide) groups is 1. The molecule has 0 fully saturated rings. The average molecular weight is 555 g/mol. The van der Waals surface area contributed by atoms with E-state index in [1.54, 1.807) is 11.8 Å². The van der Waals surface area contributed by atoms with Crippen molar-refractivity contribution < 1.29 is 14.2 Å². The van der Waals surface area contributed by atoms with Crippen molar-refractivity contribution in [2.24, 2.45) is 5.92 Å². The zero-order valence-electron chi connectivity index (χ0n) is 22.4. The monoisotopic (exact) mass is 554 g/mol. The van der Waals surface area contributed by atoms with E-state index < -0.39 is 0 Å². The molecule has 0 saturated heterocycles. The van der Waals surface area contributed by atoms with Crippen LogP contribution in [0.25, 0.3) is 27.1 Å². The third-order valence-electron chi connectivity index (χ3n) is 7.13. The van der Waals surface area contributed by atoms with Crippen LogP contribution in [-0.4, -0.2) is 12.6 Å². The third kappa shape index (κ3) is 5.26. The van der Waals surface area contributed by atoms with Gasteiger partial charge in [-0.3, -0.25) is 9.63 Å². The lowest BCUT2D eigenvalue weighted by Gasteiger charge is -2.23. The summed E-state index contributed by atoms with van der Waals surface area (Å²) in [6.07, 6.45) is 9.14. The lowest BCUT2D eigenvalue weighted by atomic mass is 9.87. The summed E-state index contributed by atoms with van der Waals surface area (Å²) in [5, 5.41) is 5.00. The van der Waals surface area contributed by atoms with Gasteiger partial charge in [0.1, 0.15) is 11.2 Å². The minimum absolute atomic E-state index is 0.210. The van der Waals surface area contributed by atoms with Gasteiger partial charge in [0.2, 0.25) is 11.4 Å². The highest BCUT2D eigenvalue weighted by Crippen LogP contribution is 2.46. The number of aryl methyl sites for hydroxylation is 1. The number of thiazole rings is 1. The Labute approximate surface area is 237 Å². The van der Waals surface area contributed by atoms with Gasteiger partial charge in [0.05, 0.1) is 16.1 Å². The van der Waals surface area contributed by atoms with Crippen LogP contribution in [0.1, 0.15) is 38.6 Å². The number of hydroxylamine groups is 1. The standard InChI is InChI=1S/C32H31N3O2S2/c1-4-34-30(39-29-14-13-25-9-5-6-10-26(25)32(29)34)18-23-15-21(2)16-24(17-23)19-31-35(20-37-33-22(3)36)27-11-7-8-12-28(27)38-31/h5-14,17-19,21H,4,15-16,20H2,1-3H3/p+1. The number of allylic oxidation sites excluding steroid dienone is 4. The first-order chi connectivity index (χ1) is 19.0. The van der Waals surface area contributed by atoms with Gasteiger partial charge < -0.3 is 4.90 Å². The van der Waals surface area contributed by atoms with Crippen molar-refractivity contribution in [3.63, 3.8) is 0 Å². The zero-order valence-corrected chi connectivity index (χ0v) is 24.1. The number of nitrogens with zero attached hydrogens (tertiary/aromatic N) is 2. The molecule has 1 aromatic heterocycles. The summed E-state index contributed by atoms with van der Waals surface area (Å²) in [4.78, 5) is 20.2. The Kier molecular flexibility index (Phi) is 7.30. The van der Waals surface area contributed by atoms with E-state index in [-0.39, 0.29) is 12.6 Å². The molecule has 1 N–H and O–H groups in total. The largest absolute Gasteiger partial charge is 0.308 e. The molecule has 0 spiro atoms. The van der Waals surface area contributed by atoms with Gasteiger partial charge in [0, 0.05) is 17.9 Å². The Morgan fingerprint density at radius 3 is 2.77 bits per heavy atom. The normalized spacial score (nSPS) is 19.2. The Hall–Kier alpha value is -3.39. The summed E-state index contributed by atoms with van der Waals surface area (Å²) < 4.78 is 3.79. The fourth-order valence-electron chi connectivity index (χ4n) is 5.54. The molecule has 0 saturated carbocycles. The van der Waals surface area contributed by atoms with Crippen molar-refractivity contribution in [1.29, 1.82) is 0 Å². The molecule has 2 aliphatic rings. The third-order valence-corrected chi connectivity index (χ3v) is 9.34. The van der Waals surface area contributed by atoms with Crippen molar-refractivity contribution in [1.82, 2.24) is 5.48 Å². The van der Waals surface area contributed by atoms with Gasteiger partial charge in [-0.05, 0) is 72.6 Å². The molecule has 5 nitrogen and oxygen atoms in total. The molecule has 6 rings (SSSR count). The molecule has 1 amide bonds. The minimum atomic E-state index is -0.210. The molecule has 39 heavy (non-hydrogen) atoms. The van der Waals surface area contributed by atoms with Gasteiger partial charge in [0.25, 0.3) is 5.01 Å². The van der Waals surface area contributed by atoms with Gasteiger partial charge in [-0.25, -0.2) is 5.48 Å². The van der Waals surface area contributed by atoms with Crippen molar-refractivity contribution in [3.8, 4) is 0 Å². The van der Waals surface area contributed by atoms with Crippen LogP contribution in [-0.2, 0) is 16.2 Å². The van der Waals surface area contributed by atoms with Crippen molar-refractivity contribution in [2.75, 3.05) is 11.6 Å². The second-order valence-corrected chi connectivity index (χ2v) is 12.3. The maximum absolute atomic E-state index is 11.4. The maximum atomic E-state index is 11.4. The van der Waals surface area contributed by atoms with Crippen molar-refractivity contribution >= 4 is 61.8 Å². The molecule has 1 atom stereocenters. The van der Waals surface area contributed by atoms with E-state index in [0.717, 1.165) is 30.1 Å². The first-order valence-corrected chi connectivity index (χ1v) is 15.0. The molecule has 198 valence electrons. The van der Waals surface area contributed by atoms with Gasteiger partial charge in [-0.15, -0.1) is 0 Å². The first-order valence-electron chi connectivity index (χ1n) is 13.4. The highest BCUT2D eigenvalue weighted by molar-refractivity contribution is 8.03. The van der Waals surface area contributed by atoms with Crippen LogP contribution in [0.15, 0.2) is 93.9 Å². The highest BCUT2D eigenvalue weighted by atomic mass is 32.2. The summed E-state index contributed by atoms with van der Waals surface area (Å²) in [6.45, 7) is 7.21. The SMILES string of the molecule is CC[n+]1c(C=C2C=C(C=C3Sc4ccccc4N3CONC(C)=O)CC(C)C2)sc2ccc3ccccc3c21. The van der Waals surface area contributed by atoms with Gasteiger partial charge in [-0.2, -0.15) is 4.57 Å². The van der Waals surface area contributed by atoms with Crippen molar-refractivity contribution in [2.45, 2.75) is 45.1 Å². The average Bonchev–Trinajstić information content (AvgIpc) is 3.45. The van der Waals surface area contributed by atoms with E-state index in [0.29, 0.717) is 5.92 Å². The molecule has 0 radical (unpaired) electrons. The smallest absolute Gasteiger partial charge is 0.263 e. The minimum Gasteiger partial charge on any atom is -0.308 e. The molecule has 4 aromatic rings. The number of fused-ring (bicyclic) bond motifs is 4. The molecule has 1 unspecified atom stereocenters. The fraction of sp³-hybridized carbons (Fsp3) is 0.250. The second-order valence-electron chi connectivity index (χ2n) is 10.2. The van der Waals surface area contributed by atoms with Crippen LogP contribution in [0.2, 0.25) is 0 Å². The van der Waals surface area contributed by atoms with Gasteiger partial charge in [-0.1, -0.05) is 72.5 Å². The Morgan fingerprint density at radius 1 is 1.10 bits per heavy atom. The molecular weight excluding hydrogens is 523 g/mol. The number of nitrogens with one attached hydrogen (secondary N) is 1. The molecule has 1 aliphatic heterocycles. The van der Waals surface area contributed by atoms with E-state index in [4.69, 9.17) is 4.84 Å². The first kappa shape index (κ1) is 25.9. The lowest BCUT2D eigenvalue weighted by Crippen LogP contribution is -2.33. The fourth-order valence-corrected chi connectivity index (χ4v) is 7.88. The number of carbonyl (C=O) groups excluding carboxylic acids is 1. The predicted octanol–water partition coefficient (Wildman–Crippen LogP) is 7.58. The molecule has 7 heteroatoms. The quantitative estimate of drug-likeness (QED) is 0.197. The zero-order chi connectivity index (χ0) is 26.9. The number of rotatable bonds is 6. The van der Waals surface area contributed by atoms with Crippen LogP contribution >= 0.6 is 23.1 Å². The van der Waals surface area contributed by atoms with Crippen LogP contribution in [0.4, 0.5) is 5.69 Å². The summed E-state index contributed by atoms with van der Waals surface area (Å²) >= 11 is 3.62. The Morgan fingerprint density at radius 2 is 1.92 bits per heavy atom. The van der Waals surface area contributed by atoms with Crippen LogP contribution < -0.4 is 14.9 Å². The number of carbonyl (C=O) groups is 1. The molecule has 3 aromatic carbocycles. The van der Waals surface area contributed by atoms with Crippen LogP contribution in [0.3, 0.4) is 0 Å². The molecule has 2 heterocycles. The van der Waals surface area contributed by atoms with Crippen LogP contribution in [0, 0.1) is 5.92 Å². The molecular formula is C32H32N3O2S2+. The summed E-state index contributed by atoms with van der Waals surface area (Å²) in [6, 6.07) is 21.5. The number of hydrogen-bond acceptors (Lipinski definition) is 5. The lowest BCUT2D eigenvalue weighted by molar-refractivity contribution is -0.664. The number of benzene rings is 3. The maximum Gasteiger partial charge on any atom is 0.263 e. The van der Waals surface area contributed by atoms with Gasteiger partial charge in [0.15, 0.2) is 6.73 Å². The summed E-state index contributed by atoms with van der Waals surface area (Å²) in [5.41, 5.74) is 7.56. The number of aromatic nitrogens is 1. The predicted molar refractivity (Wildman–Crippen MR) is 162 cm³/mol. The number of amides is 1. The van der Waals surface area contributed by atoms with E-state index in [1.807, 2.05) is 17.4 Å². The van der Waals surface area contributed by atoms with Crippen LogP contribution in [0.5, 0.6) is 0 Å². The van der Waals surface area contributed by atoms with Crippen molar-refractivity contribution in [3.05, 3.63) is 94.0 Å². The number of hydrogen-bond donors (Lipinski definition) is 1. The Bertz CT molecular complexity index is 1670. The number of anilines is 1. The molecule has 0 bridgehead atoms. The number of para-hydroxylation sites is 1.